The molecule has 7 heteroatoms. The fraction of sp³-hybridized carbons (Fsp3) is 1.00. The van der Waals surface area contributed by atoms with Gasteiger partial charge in [0, 0.05) is 19.1 Å². The van der Waals surface area contributed by atoms with Crippen molar-refractivity contribution in [1.29, 1.82) is 0 Å². The Morgan fingerprint density at radius 3 is 2.11 bits per heavy atom. The number of sulfonamides is 1. The van der Waals surface area contributed by atoms with Gasteiger partial charge in [-0.2, -0.15) is 0 Å². The molecule has 0 spiro atoms. The Morgan fingerprint density at radius 2 is 1.63 bits per heavy atom. The van der Waals surface area contributed by atoms with Gasteiger partial charge in [0.1, 0.15) is 0 Å². The van der Waals surface area contributed by atoms with Crippen molar-refractivity contribution in [1.82, 2.24) is 9.62 Å². The lowest BCUT2D eigenvalue weighted by molar-refractivity contribution is -0.253. The summed E-state index contributed by atoms with van der Waals surface area (Å²) in [4.78, 5) is 0. The van der Waals surface area contributed by atoms with Crippen LogP contribution < -0.4 is 5.32 Å². The number of nitrogens with one attached hydrogen (secondary N) is 1. The molecule has 0 amide bonds. The van der Waals surface area contributed by atoms with E-state index in [1.165, 1.54) is 6.26 Å². The monoisotopic (exact) mass is 292 g/mol. The first-order valence-corrected chi connectivity index (χ1v) is 8.60. The lowest BCUT2D eigenvalue weighted by Gasteiger charge is -2.38. The molecule has 2 aliphatic heterocycles. The Bertz CT molecular complexity index is 392. The van der Waals surface area contributed by atoms with E-state index < -0.39 is 15.8 Å². The lowest BCUT2D eigenvalue weighted by atomic mass is 10.1. The number of hydrogen-bond acceptors (Lipinski definition) is 5. The summed E-state index contributed by atoms with van der Waals surface area (Å²) in [6, 6.07) is 0.541. The van der Waals surface area contributed by atoms with Crippen molar-refractivity contribution < 1.29 is 17.9 Å². The number of piperidine rings is 1. The minimum atomic E-state index is -3.04. The van der Waals surface area contributed by atoms with Crippen LogP contribution in [-0.4, -0.2) is 63.2 Å². The van der Waals surface area contributed by atoms with Crippen molar-refractivity contribution in [3.8, 4) is 0 Å². The summed E-state index contributed by atoms with van der Waals surface area (Å²) in [5.41, 5.74) is 0. The van der Waals surface area contributed by atoms with Gasteiger partial charge in [-0.15, -0.1) is 0 Å². The van der Waals surface area contributed by atoms with Crippen LogP contribution in [0.3, 0.4) is 0 Å². The van der Waals surface area contributed by atoms with Gasteiger partial charge in [-0.3, -0.25) is 0 Å². The van der Waals surface area contributed by atoms with Gasteiger partial charge in [0.15, 0.2) is 5.79 Å². The lowest BCUT2D eigenvalue weighted by Crippen LogP contribution is -2.54. The first kappa shape index (κ1) is 15.2. The number of ether oxygens (including phenoxy) is 2. The molecule has 0 aromatic rings. The fourth-order valence-corrected chi connectivity index (χ4v) is 3.35. The SMILES string of the molecule is CC1(C)OCC(NC2CCN(S(C)(=O)=O)CC2)CO1. The molecule has 2 rings (SSSR count). The van der Waals surface area contributed by atoms with Gasteiger partial charge in [-0.25, -0.2) is 12.7 Å². The van der Waals surface area contributed by atoms with E-state index in [9.17, 15) is 8.42 Å². The molecule has 1 N–H and O–H groups in total. The van der Waals surface area contributed by atoms with Gasteiger partial charge >= 0.3 is 0 Å². The van der Waals surface area contributed by atoms with Gasteiger partial charge in [0.2, 0.25) is 10.0 Å². The third-order valence-electron chi connectivity index (χ3n) is 3.66. The summed E-state index contributed by atoms with van der Waals surface area (Å²) < 4.78 is 35.6. The van der Waals surface area contributed by atoms with E-state index in [1.54, 1.807) is 4.31 Å². The molecule has 2 saturated heterocycles. The largest absolute Gasteiger partial charge is 0.349 e. The molecular weight excluding hydrogens is 268 g/mol. The van der Waals surface area contributed by atoms with Crippen LogP contribution in [0, 0.1) is 0 Å². The molecule has 0 aromatic heterocycles. The number of rotatable bonds is 3. The predicted molar refractivity (Wildman–Crippen MR) is 72.3 cm³/mol. The average molecular weight is 292 g/mol. The molecule has 6 nitrogen and oxygen atoms in total. The molecule has 0 saturated carbocycles. The van der Waals surface area contributed by atoms with E-state index in [0.717, 1.165) is 12.8 Å². The van der Waals surface area contributed by atoms with Crippen molar-refractivity contribution in [2.45, 2.75) is 44.6 Å². The molecule has 112 valence electrons. The second-order valence-corrected chi connectivity index (χ2v) is 7.80. The summed E-state index contributed by atoms with van der Waals surface area (Å²) in [5.74, 6) is -0.488. The van der Waals surface area contributed by atoms with Crippen LogP contribution in [0.1, 0.15) is 26.7 Å². The van der Waals surface area contributed by atoms with Gasteiger partial charge in [0.25, 0.3) is 0 Å². The van der Waals surface area contributed by atoms with Crippen molar-refractivity contribution in [2.24, 2.45) is 0 Å². The van der Waals surface area contributed by atoms with Crippen LogP contribution in [0.5, 0.6) is 0 Å². The molecule has 0 aromatic carbocycles. The minimum absolute atomic E-state index is 0.197. The zero-order chi connectivity index (χ0) is 14.1. The summed E-state index contributed by atoms with van der Waals surface area (Å²) in [6.07, 6.45) is 2.95. The third-order valence-corrected chi connectivity index (χ3v) is 4.96. The summed E-state index contributed by atoms with van der Waals surface area (Å²) in [6.45, 7) is 6.28. The van der Waals surface area contributed by atoms with E-state index >= 15 is 0 Å². The first-order valence-electron chi connectivity index (χ1n) is 6.75. The topological polar surface area (TPSA) is 67.9 Å². The Hall–Kier alpha value is -0.210. The van der Waals surface area contributed by atoms with Gasteiger partial charge in [-0.05, 0) is 26.7 Å². The van der Waals surface area contributed by atoms with Crippen LogP contribution in [0.2, 0.25) is 0 Å². The maximum absolute atomic E-state index is 11.4. The second-order valence-electron chi connectivity index (χ2n) is 5.82. The van der Waals surface area contributed by atoms with Gasteiger partial charge in [-0.1, -0.05) is 0 Å². The van der Waals surface area contributed by atoms with Crippen molar-refractivity contribution in [2.75, 3.05) is 32.6 Å². The average Bonchev–Trinajstić information content (AvgIpc) is 2.31. The highest BCUT2D eigenvalue weighted by atomic mass is 32.2. The maximum Gasteiger partial charge on any atom is 0.211 e. The smallest absolute Gasteiger partial charge is 0.211 e. The van der Waals surface area contributed by atoms with E-state index in [0.29, 0.717) is 32.3 Å². The van der Waals surface area contributed by atoms with Crippen LogP contribution in [0.25, 0.3) is 0 Å². The van der Waals surface area contributed by atoms with E-state index in [-0.39, 0.29) is 6.04 Å². The third kappa shape index (κ3) is 4.39. The zero-order valence-electron chi connectivity index (χ0n) is 11.9. The molecule has 19 heavy (non-hydrogen) atoms. The first-order chi connectivity index (χ1) is 8.76. The van der Waals surface area contributed by atoms with Crippen LogP contribution in [0.4, 0.5) is 0 Å². The Balaban J connectivity index is 1.75. The number of hydrogen-bond donors (Lipinski definition) is 1. The summed E-state index contributed by atoms with van der Waals surface area (Å²) in [7, 11) is -3.04. The van der Waals surface area contributed by atoms with Crippen LogP contribution in [0.15, 0.2) is 0 Å². The molecule has 0 radical (unpaired) electrons. The second kappa shape index (κ2) is 5.65. The standard InChI is InChI=1S/C12H24N2O4S/c1-12(2)17-8-11(9-18-12)13-10-4-6-14(7-5-10)19(3,15)16/h10-11,13H,4-9H2,1-3H3. The Labute approximate surface area is 115 Å². The Kier molecular flexibility index (Phi) is 4.52. The Morgan fingerprint density at radius 1 is 1.11 bits per heavy atom. The van der Waals surface area contributed by atoms with E-state index in [1.807, 2.05) is 13.8 Å². The highest BCUT2D eigenvalue weighted by Gasteiger charge is 2.31. The molecule has 2 heterocycles. The summed E-state index contributed by atoms with van der Waals surface area (Å²) in [5, 5.41) is 3.50. The quantitative estimate of drug-likeness (QED) is 0.802. The van der Waals surface area contributed by atoms with Crippen molar-refractivity contribution in [3.05, 3.63) is 0 Å². The molecule has 0 atom stereocenters. The molecule has 2 fully saturated rings. The molecule has 0 aliphatic carbocycles. The predicted octanol–water partition coefficient (Wildman–Crippen LogP) is 0.152. The molecular formula is C12H24N2O4S. The molecule has 2 aliphatic rings. The van der Waals surface area contributed by atoms with Crippen LogP contribution in [-0.2, 0) is 19.5 Å². The van der Waals surface area contributed by atoms with Gasteiger partial charge in [0.05, 0.1) is 25.5 Å². The minimum Gasteiger partial charge on any atom is -0.349 e. The van der Waals surface area contributed by atoms with Gasteiger partial charge < -0.3 is 14.8 Å². The van der Waals surface area contributed by atoms with Crippen molar-refractivity contribution in [3.63, 3.8) is 0 Å². The highest BCUT2D eigenvalue weighted by molar-refractivity contribution is 7.88. The fourth-order valence-electron chi connectivity index (χ4n) is 2.48. The number of nitrogens with zero attached hydrogens (tertiary/aromatic N) is 1. The zero-order valence-corrected chi connectivity index (χ0v) is 12.7. The van der Waals surface area contributed by atoms with Crippen molar-refractivity contribution >= 4 is 10.0 Å². The molecule has 0 bridgehead atoms. The molecule has 0 unspecified atom stereocenters. The maximum atomic E-state index is 11.4. The summed E-state index contributed by atoms with van der Waals surface area (Å²) >= 11 is 0. The normalized spacial score (nSPS) is 27.5. The highest BCUT2D eigenvalue weighted by Crippen LogP contribution is 2.19. The van der Waals surface area contributed by atoms with E-state index in [2.05, 4.69) is 5.32 Å². The van der Waals surface area contributed by atoms with Crippen LogP contribution >= 0.6 is 0 Å². The van der Waals surface area contributed by atoms with E-state index in [4.69, 9.17) is 9.47 Å².